The number of benzene rings is 1. The summed E-state index contributed by atoms with van der Waals surface area (Å²) < 4.78 is 5.22. The van der Waals surface area contributed by atoms with Crippen molar-refractivity contribution in [2.24, 2.45) is 0 Å². The SMILES string of the molecule is CNC(=O)NCc1cccc(NC(=O)N2CCOCC2)c1. The number of morpholine rings is 1. The van der Waals surface area contributed by atoms with Gasteiger partial charge in [-0.25, -0.2) is 9.59 Å². The van der Waals surface area contributed by atoms with Crippen LogP contribution in [0, 0.1) is 0 Å². The van der Waals surface area contributed by atoms with Crippen molar-refractivity contribution < 1.29 is 14.3 Å². The molecule has 0 aromatic heterocycles. The second-order valence-corrected chi connectivity index (χ2v) is 4.66. The number of hydrogen-bond acceptors (Lipinski definition) is 3. The second kappa shape index (κ2) is 7.49. The number of urea groups is 2. The molecule has 1 aromatic carbocycles. The van der Waals surface area contributed by atoms with E-state index in [0.717, 1.165) is 5.56 Å². The first-order chi connectivity index (χ1) is 10.2. The van der Waals surface area contributed by atoms with Crippen molar-refractivity contribution in [3.63, 3.8) is 0 Å². The highest BCUT2D eigenvalue weighted by Gasteiger charge is 2.16. The van der Waals surface area contributed by atoms with Crippen LogP contribution in [0.4, 0.5) is 15.3 Å². The molecule has 1 saturated heterocycles. The summed E-state index contributed by atoms with van der Waals surface area (Å²) in [6.45, 7) is 2.75. The zero-order chi connectivity index (χ0) is 15.1. The Morgan fingerprint density at radius 3 is 2.76 bits per heavy atom. The monoisotopic (exact) mass is 292 g/mol. The van der Waals surface area contributed by atoms with E-state index in [-0.39, 0.29) is 12.1 Å². The molecule has 0 bridgehead atoms. The summed E-state index contributed by atoms with van der Waals surface area (Å²) in [6, 6.07) is 7.03. The Bertz CT molecular complexity index is 501. The van der Waals surface area contributed by atoms with Crippen LogP contribution in [0.5, 0.6) is 0 Å². The molecule has 0 saturated carbocycles. The van der Waals surface area contributed by atoms with Gasteiger partial charge < -0.3 is 25.6 Å². The average Bonchev–Trinajstić information content (AvgIpc) is 2.53. The third kappa shape index (κ3) is 4.64. The molecule has 1 aromatic rings. The van der Waals surface area contributed by atoms with Crippen molar-refractivity contribution in [2.45, 2.75) is 6.54 Å². The van der Waals surface area contributed by atoms with Gasteiger partial charge in [-0.05, 0) is 17.7 Å². The predicted octanol–water partition coefficient (Wildman–Crippen LogP) is 0.980. The van der Waals surface area contributed by atoms with E-state index in [9.17, 15) is 9.59 Å². The van der Waals surface area contributed by atoms with E-state index in [1.54, 1.807) is 11.9 Å². The van der Waals surface area contributed by atoms with Gasteiger partial charge >= 0.3 is 12.1 Å². The van der Waals surface area contributed by atoms with Crippen molar-refractivity contribution in [3.05, 3.63) is 29.8 Å². The molecule has 114 valence electrons. The number of amides is 4. The maximum atomic E-state index is 12.1. The Morgan fingerprint density at radius 1 is 1.29 bits per heavy atom. The molecule has 0 atom stereocenters. The molecule has 7 nitrogen and oxygen atoms in total. The summed E-state index contributed by atoms with van der Waals surface area (Å²) in [5.74, 6) is 0. The highest BCUT2D eigenvalue weighted by molar-refractivity contribution is 5.89. The summed E-state index contributed by atoms with van der Waals surface area (Å²) in [7, 11) is 1.56. The fraction of sp³-hybridized carbons (Fsp3) is 0.429. The lowest BCUT2D eigenvalue weighted by Gasteiger charge is -2.27. The Labute approximate surface area is 123 Å². The topological polar surface area (TPSA) is 82.7 Å². The van der Waals surface area contributed by atoms with Crippen LogP contribution in [0.3, 0.4) is 0 Å². The van der Waals surface area contributed by atoms with E-state index in [4.69, 9.17) is 4.74 Å². The van der Waals surface area contributed by atoms with Crippen LogP contribution in [0.1, 0.15) is 5.56 Å². The Morgan fingerprint density at radius 2 is 2.05 bits per heavy atom. The first-order valence-electron chi connectivity index (χ1n) is 6.87. The summed E-state index contributed by atoms with van der Waals surface area (Å²) >= 11 is 0. The molecular formula is C14H20N4O3. The van der Waals surface area contributed by atoms with E-state index < -0.39 is 0 Å². The van der Waals surface area contributed by atoms with Gasteiger partial charge in [0.2, 0.25) is 0 Å². The summed E-state index contributed by atoms with van der Waals surface area (Å²) in [5.41, 5.74) is 1.63. The van der Waals surface area contributed by atoms with Crippen LogP contribution < -0.4 is 16.0 Å². The standard InChI is InChI=1S/C14H20N4O3/c1-15-13(19)16-10-11-3-2-4-12(9-11)17-14(20)18-5-7-21-8-6-18/h2-4,9H,5-8,10H2,1H3,(H,17,20)(H2,15,16,19). The van der Waals surface area contributed by atoms with Crippen LogP contribution in [0.15, 0.2) is 24.3 Å². The highest BCUT2D eigenvalue weighted by Crippen LogP contribution is 2.12. The smallest absolute Gasteiger partial charge is 0.321 e. The maximum absolute atomic E-state index is 12.1. The fourth-order valence-corrected chi connectivity index (χ4v) is 2.00. The number of anilines is 1. The van der Waals surface area contributed by atoms with E-state index >= 15 is 0 Å². The van der Waals surface area contributed by atoms with Gasteiger partial charge in [0.25, 0.3) is 0 Å². The molecular weight excluding hydrogens is 272 g/mol. The molecule has 0 unspecified atom stereocenters. The van der Waals surface area contributed by atoms with Crippen LogP contribution >= 0.6 is 0 Å². The molecule has 0 spiro atoms. The van der Waals surface area contributed by atoms with Crippen LogP contribution in [-0.2, 0) is 11.3 Å². The van der Waals surface area contributed by atoms with Gasteiger partial charge in [0.05, 0.1) is 13.2 Å². The van der Waals surface area contributed by atoms with Crippen molar-refractivity contribution in [2.75, 3.05) is 38.7 Å². The molecule has 0 radical (unpaired) electrons. The number of hydrogen-bond donors (Lipinski definition) is 3. The van der Waals surface area contributed by atoms with Crippen LogP contribution in [0.2, 0.25) is 0 Å². The van der Waals surface area contributed by atoms with Crippen molar-refractivity contribution in [3.8, 4) is 0 Å². The van der Waals surface area contributed by atoms with E-state index in [0.29, 0.717) is 38.5 Å². The molecule has 7 heteroatoms. The maximum Gasteiger partial charge on any atom is 0.321 e. The third-order valence-corrected chi connectivity index (χ3v) is 3.16. The van der Waals surface area contributed by atoms with Crippen molar-refractivity contribution in [1.29, 1.82) is 0 Å². The Balaban J connectivity index is 1.90. The molecule has 4 amide bonds. The number of nitrogens with zero attached hydrogens (tertiary/aromatic N) is 1. The molecule has 2 rings (SSSR count). The number of nitrogens with one attached hydrogen (secondary N) is 3. The third-order valence-electron chi connectivity index (χ3n) is 3.16. The molecule has 1 fully saturated rings. The normalized spacial score (nSPS) is 14.4. The number of carbonyl (C=O) groups is 2. The summed E-state index contributed by atoms with van der Waals surface area (Å²) in [5, 5.41) is 8.05. The zero-order valence-corrected chi connectivity index (χ0v) is 12.0. The minimum Gasteiger partial charge on any atom is -0.378 e. The largest absolute Gasteiger partial charge is 0.378 e. The molecule has 1 heterocycles. The van der Waals surface area contributed by atoms with Crippen LogP contribution in [0.25, 0.3) is 0 Å². The lowest BCUT2D eigenvalue weighted by Crippen LogP contribution is -2.43. The number of carbonyl (C=O) groups excluding carboxylic acids is 2. The molecule has 1 aliphatic heterocycles. The highest BCUT2D eigenvalue weighted by atomic mass is 16.5. The lowest BCUT2D eigenvalue weighted by atomic mass is 10.2. The summed E-state index contributed by atoms with van der Waals surface area (Å²) in [6.07, 6.45) is 0. The van der Waals surface area contributed by atoms with Crippen molar-refractivity contribution in [1.82, 2.24) is 15.5 Å². The van der Waals surface area contributed by atoms with Gasteiger partial charge in [-0.1, -0.05) is 12.1 Å². The number of ether oxygens (including phenoxy) is 1. The van der Waals surface area contributed by atoms with Crippen LogP contribution in [-0.4, -0.2) is 50.3 Å². The average molecular weight is 292 g/mol. The molecule has 21 heavy (non-hydrogen) atoms. The zero-order valence-electron chi connectivity index (χ0n) is 12.0. The summed E-state index contributed by atoms with van der Waals surface area (Å²) in [4.78, 5) is 24.9. The van der Waals surface area contributed by atoms with E-state index in [1.807, 2.05) is 24.3 Å². The fourth-order valence-electron chi connectivity index (χ4n) is 2.00. The van der Waals surface area contributed by atoms with E-state index in [1.165, 1.54) is 0 Å². The van der Waals surface area contributed by atoms with Gasteiger partial charge in [0, 0.05) is 32.4 Å². The minimum absolute atomic E-state index is 0.130. The predicted molar refractivity (Wildman–Crippen MR) is 79.1 cm³/mol. The van der Waals surface area contributed by atoms with Gasteiger partial charge in [-0.2, -0.15) is 0 Å². The molecule has 0 aliphatic carbocycles. The Hall–Kier alpha value is -2.28. The van der Waals surface area contributed by atoms with E-state index in [2.05, 4.69) is 16.0 Å². The quantitative estimate of drug-likeness (QED) is 0.776. The molecule has 1 aliphatic rings. The first kappa shape index (κ1) is 15.1. The molecule has 3 N–H and O–H groups in total. The second-order valence-electron chi connectivity index (χ2n) is 4.66. The minimum atomic E-state index is -0.238. The van der Waals surface area contributed by atoms with Gasteiger partial charge in [-0.15, -0.1) is 0 Å². The first-order valence-corrected chi connectivity index (χ1v) is 6.87. The number of rotatable bonds is 3. The lowest BCUT2D eigenvalue weighted by molar-refractivity contribution is 0.0564. The Kier molecular flexibility index (Phi) is 5.39. The van der Waals surface area contributed by atoms with Gasteiger partial charge in [0.1, 0.15) is 0 Å². The van der Waals surface area contributed by atoms with Gasteiger partial charge in [0.15, 0.2) is 0 Å². The van der Waals surface area contributed by atoms with Crippen molar-refractivity contribution >= 4 is 17.7 Å². The van der Waals surface area contributed by atoms with Gasteiger partial charge in [-0.3, -0.25) is 0 Å².